The van der Waals surface area contributed by atoms with Crippen molar-refractivity contribution in [2.75, 3.05) is 6.61 Å². The zero-order valence-corrected chi connectivity index (χ0v) is 11.5. The minimum Gasteiger partial charge on any atom is -0.477 e. The highest BCUT2D eigenvalue weighted by Gasteiger charge is 2.33. The Morgan fingerprint density at radius 2 is 2.05 bits per heavy atom. The predicted molar refractivity (Wildman–Crippen MR) is 75.2 cm³/mol. The molecule has 0 aromatic heterocycles. The molecule has 1 aromatic carbocycles. The smallest absolute Gasteiger partial charge is 0.343 e. The van der Waals surface area contributed by atoms with E-state index in [0.717, 1.165) is 25.7 Å². The van der Waals surface area contributed by atoms with Crippen molar-refractivity contribution in [2.45, 2.75) is 37.8 Å². The maximum Gasteiger partial charge on any atom is 0.343 e. The molecule has 1 aliphatic carbocycles. The Morgan fingerprint density at radius 1 is 1.38 bits per heavy atom. The van der Waals surface area contributed by atoms with Gasteiger partial charge in [0, 0.05) is 18.2 Å². The molecule has 7 heteroatoms. The van der Waals surface area contributed by atoms with Crippen LogP contribution in [0.2, 0.25) is 0 Å². The molecule has 1 aliphatic rings. The highest BCUT2D eigenvalue weighted by Crippen LogP contribution is 2.30. The van der Waals surface area contributed by atoms with E-state index < -0.39 is 22.1 Å². The standard InChI is InChI=1S/C14H18N2O5/c17-9-14(6-1-2-7-14)15-8-10-4-3-5-11(16(20)21)12(10)13(18)19/h3-5,15,17H,1-2,6-9H2,(H,18,19). The molecule has 21 heavy (non-hydrogen) atoms. The van der Waals surface area contributed by atoms with Crippen LogP contribution in [0.1, 0.15) is 41.6 Å². The number of benzene rings is 1. The van der Waals surface area contributed by atoms with Gasteiger partial charge in [-0.25, -0.2) is 4.79 Å². The third-order valence-corrected chi connectivity index (χ3v) is 4.06. The van der Waals surface area contributed by atoms with Gasteiger partial charge in [-0.1, -0.05) is 25.0 Å². The molecule has 114 valence electrons. The molecule has 0 bridgehead atoms. The number of rotatable bonds is 6. The van der Waals surface area contributed by atoms with E-state index >= 15 is 0 Å². The average molecular weight is 294 g/mol. The molecule has 1 aromatic rings. The number of nitrogens with one attached hydrogen (secondary N) is 1. The summed E-state index contributed by atoms with van der Waals surface area (Å²) < 4.78 is 0. The van der Waals surface area contributed by atoms with E-state index in [1.54, 1.807) is 6.07 Å². The van der Waals surface area contributed by atoms with Crippen LogP contribution in [-0.2, 0) is 6.54 Å². The first-order chi connectivity index (χ1) is 9.99. The second-order valence-corrected chi connectivity index (χ2v) is 5.37. The summed E-state index contributed by atoms with van der Waals surface area (Å²) in [4.78, 5) is 21.6. The number of aliphatic hydroxyl groups excluding tert-OH is 1. The zero-order chi connectivity index (χ0) is 15.5. The van der Waals surface area contributed by atoms with Crippen molar-refractivity contribution in [3.63, 3.8) is 0 Å². The molecule has 0 unspecified atom stereocenters. The third-order valence-electron chi connectivity index (χ3n) is 4.06. The number of nitrogens with zero attached hydrogens (tertiary/aromatic N) is 1. The summed E-state index contributed by atoms with van der Waals surface area (Å²) in [5, 5.41) is 32.9. The molecule has 7 nitrogen and oxygen atoms in total. The Bertz CT molecular complexity index is 552. The number of hydrogen-bond acceptors (Lipinski definition) is 5. The van der Waals surface area contributed by atoms with Crippen LogP contribution >= 0.6 is 0 Å². The van der Waals surface area contributed by atoms with Crippen molar-refractivity contribution in [2.24, 2.45) is 0 Å². The Hall–Kier alpha value is -1.99. The van der Waals surface area contributed by atoms with Gasteiger partial charge in [0.2, 0.25) is 0 Å². The molecule has 0 aliphatic heterocycles. The van der Waals surface area contributed by atoms with Gasteiger partial charge < -0.3 is 15.5 Å². The Kier molecular flexibility index (Phi) is 4.54. The Balaban J connectivity index is 2.25. The van der Waals surface area contributed by atoms with Gasteiger partial charge in [0.05, 0.1) is 11.5 Å². The van der Waals surface area contributed by atoms with Crippen molar-refractivity contribution >= 4 is 11.7 Å². The normalized spacial score (nSPS) is 16.8. The summed E-state index contributed by atoms with van der Waals surface area (Å²) in [7, 11) is 0. The largest absolute Gasteiger partial charge is 0.477 e. The van der Waals surface area contributed by atoms with Gasteiger partial charge in [-0.05, 0) is 18.4 Å². The number of hydrogen-bond donors (Lipinski definition) is 3. The molecule has 0 atom stereocenters. The first-order valence-corrected chi connectivity index (χ1v) is 6.84. The van der Waals surface area contributed by atoms with E-state index in [-0.39, 0.29) is 18.7 Å². The molecular weight excluding hydrogens is 276 g/mol. The number of aliphatic hydroxyl groups is 1. The van der Waals surface area contributed by atoms with Gasteiger partial charge in [0.1, 0.15) is 5.56 Å². The molecule has 0 heterocycles. The fourth-order valence-corrected chi connectivity index (χ4v) is 2.86. The first-order valence-electron chi connectivity index (χ1n) is 6.84. The van der Waals surface area contributed by atoms with E-state index in [4.69, 9.17) is 0 Å². The molecule has 1 fully saturated rings. The Morgan fingerprint density at radius 3 is 2.57 bits per heavy atom. The fourth-order valence-electron chi connectivity index (χ4n) is 2.86. The minimum absolute atomic E-state index is 0.0235. The first kappa shape index (κ1) is 15.4. The number of nitro groups is 1. The lowest BCUT2D eigenvalue weighted by atomic mass is 9.97. The number of carboxylic acids is 1. The van der Waals surface area contributed by atoms with E-state index in [0.29, 0.717) is 5.56 Å². The summed E-state index contributed by atoms with van der Waals surface area (Å²) in [5.74, 6) is -1.32. The molecule has 0 radical (unpaired) electrons. The minimum atomic E-state index is -1.32. The molecule has 0 amide bonds. The lowest BCUT2D eigenvalue weighted by Gasteiger charge is -2.28. The van der Waals surface area contributed by atoms with Crippen LogP contribution in [0.3, 0.4) is 0 Å². The van der Waals surface area contributed by atoms with Gasteiger partial charge in [-0.15, -0.1) is 0 Å². The number of aromatic carboxylic acids is 1. The van der Waals surface area contributed by atoms with E-state index in [2.05, 4.69) is 5.32 Å². The number of nitro benzene ring substituents is 1. The lowest BCUT2D eigenvalue weighted by Crippen LogP contribution is -2.45. The maximum absolute atomic E-state index is 11.3. The second kappa shape index (κ2) is 6.19. The van der Waals surface area contributed by atoms with Gasteiger partial charge in [0.25, 0.3) is 5.69 Å². The molecule has 2 rings (SSSR count). The predicted octanol–water partition coefficient (Wildman–Crippen LogP) is 1.69. The van der Waals surface area contributed by atoms with Crippen molar-refractivity contribution in [3.05, 3.63) is 39.4 Å². The molecule has 1 saturated carbocycles. The quantitative estimate of drug-likeness (QED) is 0.543. The molecule has 0 spiro atoms. The lowest BCUT2D eigenvalue weighted by molar-refractivity contribution is -0.385. The van der Waals surface area contributed by atoms with E-state index in [9.17, 15) is 25.1 Å². The highest BCUT2D eigenvalue weighted by molar-refractivity contribution is 5.94. The van der Waals surface area contributed by atoms with Gasteiger partial charge in [-0.2, -0.15) is 0 Å². The van der Waals surface area contributed by atoms with Crippen LogP contribution in [0.4, 0.5) is 5.69 Å². The summed E-state index contributed by atoms with van der Waals surface area (Å²) >= 11 is 0. The van der Waals surface area contributed by atoms with Crippen LogP contribution in [0.5, 0.6) is 0 Å². The van der Waals surface area contributed by atoms with E-state index in [1.165, 1.54) is 12.1 Å². The number of carboxylic acid groups (broad SMARTS) is 1. The second-order valence-electron chi connectivity index (χ2n) is 5.37. The maximum atomic E-state index is 11.3. The van der Waals surface area contributed by atoms with Crippen LogP contribution in [-0.4, -0.2) is 33.3 Å². The topological polar surface area (TPSA) is 113 Å². The van der Waals surface area contributed by atoms with Crippen LogP contribution < -0.4 is 5.32 Å². The van der Waals surface area contributed by atoms with Crippen molar-refractivity contribution in [3.8, 4) is 0 Å². The van der Waals surface area contributed by atoms with Gasteiger partial charge in [0.15, 0.2) is 0 Å². The summed E-state index contributed by atoms with van der Waals surface area (Å²) in [6, 6.07) is 4.22. The van der Waals surface area contributed by atoms with Gasteiger partial charge in [-0.3, -0.25) is 10.1 Å². The Labute approximate surface area is 121 Å². The molecular formula is C14H18N2O5. The molecule has 3 N–H and O–H groups in total. The van der Waals surface area contributed by atoms with Crippen LogP contribution in [0.25, 0.3) is 0 Å². The van der Waals surface area contributed by atoms with Crippen molar-refractivity contribution in [1.29, 1.82) is 0 Å². The highest BCUT2D eigenvalue weighted by atomic mass is 16.6. The molecule has 0 saturated heterocycles. The zero-order valence-electron chi connectivity index (χ0n) is 11.5. The summed E-state index contributed by atoms with van der Waals surface area (Å²) in [6.45, 7) is 0.161. The summed E-state index contributed by atoms with van der Waals surface area (Å²) in [5.41, 5.74) is -0.746. The third kappa shape index (κ3) is 3.20. The van der Waals surface area contributed by atoms with E-state index in [1.807, 2.05) is 0 Å². The number of carbonyl (C=O) groups is 1. The SMILES string of the molecule is O=C(O)c1c(CNC2(CO)CCCC2)cccc1[N+](=O)[O-]. The van der Waals surface area contributed by atoms with Gasteiger partial charge >= 0.3 is 5.97 Å². The average Bonchev–Trinajstić information content (AvgIpc) is 2.94. The summed E-state index contributed by atoms with van der Waals surface area (Å²) in [6.07, 6.45) is 3.66. The monoisotopic (exact) mass is 294 g/mol. The van der Waals surface area contributed by atoms with Crippen molar-refractivity contribution < 1.29 is 19.9 Å². The fraction of sp³-hybridized carbons (Fsp3) is 0.500. The van der Waals surface area contributed by atoms with Crippen LogP contribution in [0, 0.1) is 10.1 Å². The van der Waals surface area contributed by atoms with Crippen LogP contribution in [0.15, 0.2) is 18.2 Å². The van der Waals surface area contributed by atoms with Crippen molar-refractivity contribution in [1.82, 2.24) is 5.32 Å².